The third-order valence-corrected chi connectivity index (χ3v) is 7.51. The molecule has 0 atom stereocenters. The molecule has 2 fully saturated rings. The number of hydrogen-bond donors (Lipinski definition) is 2. The molecule has 2 aliphatic rings. The summed E-state index contributed by atoms with van der Waals surface area (Å²) in [5.41, 5.74) is 0.573. The van der Waals surface area contributed by atoms with E-state index in [9.17, 15) is 9.90 Å². The summed E-state index contributed by atoms with van der Waals surface area (Å²) in [6, 6.07) is 6.19. The summed E-state index contributed by atoms with van der Waals surface area (Å²) in [6.07, 6.45) is 2.87. The zero-order valence-corrected chi connectivity index (χ0v) is 20.4. The number of hydrogen-bond acceptors (Lipinski definition) is 6. The lowest BCUT2D eigenvalue weighted by atomic mass is 9.70. The number of carboxylic acids is 1. The molecule has 1 saturated heterocycles. The van der Waals surface area contributed by atoms with Crippen molar-refractivity contribution >= 4 is 22.8 Å². The van der Waals surface area contributed by atoms with Crippen LogP contribution in [0.4, 0.5) is 14.5 Å². The second-order valence-electron chi connectivity index (χ2n) is 10.1. The van der Waals surface area contributed by atoms with Gasteiger partial charge in [0, 0.05) is 18.8 Å². The molecule has 3 heterocycles. The minimum atomic E-state index is -0.783. The maximum atomic E-state index is 15.0. The predicted molar refractivity (Wildman–Crippen MR) is 130 cm³/mol. The number of H-pyrrole nitrogens is 1. The fraction of sp³-hybridized carbons (Fsp3) is 0.500. The average molecular weight is 501 g/mol. The van der Waals surface area contributed by atoms with Crippen LogP contribution >= 0.6 is 0 Å². The molecule has 36 heavy (non-hydrogen) atoms. The molecule has 5 rings (SSSR count). The van der Waals surface area contributed by atoms with E-state index in [-0.39, 0.29) is 23.3 Å². The number of nitrogens with zero attached hydrogens (tertiary/aromatic N) is 3. The van der Waals surface area contributed by atoms with E-state index in [1.165, 1.54) is 12.1 Å². The highest BCUT2D eigenvalue weighted by atomic mass is 19.1. The summed E-state index contributed by atoms with van der Waals surface area (Å²) in [4.78, 5) is 25.3. The molecule has 0 bridgehead atoms. The normalized spacial score (nSPS) is 21.1. The van der Waals surface area contributed by atoms with Crippen molar-refractivity contribution in [1.82, 2.24) is 15.0 Å². The molecule has 0 unspecified atom stereocenters. The number of imidazole rings is 1. The Morgan fingerprint density at radius 2 is 1.78 bits per heavy atom. The van der Waals surface area contributed by atoms with Crippen molar-refractivity contribution in [3.8, 4) is 17.3 Å². The first kappa shape index (κ1) is 24.4. The number of nitrogens with one attached hydrogen (secondary N) is 1. The number of ether oxygens (including phenoxy) is 2. The summed E-state index contributed by atoms with van der Waals surface area (Å²) in [5, 5.41) is 9.48. The van der Waals surface area contributed by atoms with Gasteiger partial charge in [0.05, 0.1) is 35.4 Å². The molecule has 1 saturated carbocycles. The van der Waals surface area contributed by atoms with E-state index < -0.39 is 23.0 Å². The number of fused-ring (bicyclic) bond motifs is 1. The Morgan fingerprint density at radius 1 is 1.11 bits per heavy atom. The Balaban J connectivity index is 1.31. The Labute approximate surface area is 207 Å². The largest absolute Gasteiger partial charge is 0.481 e. The molecular formula is C26H30F2N4O4. The van der Waals surface area contributed by atoms with E-state index in [1.54, 1.807) is 26.0 Å². The predicted octanol–water partition coefficient (Wildman–Crippen LogP) is 4.79. The minimum Gasteiger partial charge on any atom is -0.481 e. The van der Waals surface area contributed by atoms with Gasteiger partial charge in [-0.05, 0) is 69.7 Å². The van der Waals surface area contributed by atoms with Gasteiger partial charge in [-0.3, -0.25) is 4.79 Å². The van der Waals surface area contributed by atoms with Gasteiger partial charge in [-0.2, -0.15) is 4.98 Å². The van der Waals surface area contributed by atoms with Gasteiger partial charge in [0.1, 0.15) is 17.7 Å². The van der Waals surface area contributed by atoms with Crippen LogP contribution in [0.1, 0.15) is 39.5 Å². The Kier molecular flexibility index (Phi) is 6.55. The Bertz CT molecular complexity index is 1240. The molecule has 1 aliphatic heterocycles. The molecule has 3 aromatic rings. The van der Waals surface area contributed by atoms with Crippen LogP contribution in [-0.2, 0) is 9.53 Å². The highest BCUT2D eigenvalue weighted by Crippen LogP contribution is 2.39. The summed E-state index contributed by atoms with van der Waals surface area (Å²) >= 11 is 0. The van der Waals surface area contributed by atoms with Crippen LogP contribution in [0.2, 0.25) is 0 Å². The molecule has 0 spiro atoms. The van der Waals surface area contributed by atoms with Gasteiger partial charge >= 0.3 is 5.97 Å². The van der Waals surface area contributed by atoms with Crippen LogP contribution in [-0.4, -0.2) is 58.4 Å². The third-order valence-electron chi connectivity index (χ3n) is 7.51. The Morgan fingerprint density at radius 3 is 2.42 bits per heavy atom. The van der Waals surface area contributed by atoms with E-state index in [2.05, 4.69) is 15.0 Å². The lowest BCUT2D eigenvalue weighted by Gasteiger charge is -2.36. The second kappa shape index (κ2) is 9.65. The number of pyridine rings is 1. The van der Waals surface area contributed by atoms with Gasteiger partial charge in [-0.15, -0.1) is 0 Å². The monoisotopic (exact) mass is 500 g/mol. The number of benzene rings is 1. The maximum Gasteiger partial charge on any atom is 0.309 e. The summed E-state index contributed by atoms with van der Waals surface area (Å²) in [6.45, 7) is 5.75. The van der Waals surface area contributed by atoms with Crippen molar-refractivity contribution in [2.24, 2.45) is 11.3 Å². The van der Waals surface area contributed by atoms with Crippen molar-refractivity contribution in [2.75, 3.05) is 31.2 Å². The highest BCUT2D eigenvalue weighted by Gasteiger charge is 2.39. The van der Waals surface area contributed by atoms with Crippen LogP contribution < -0.4 is 9.64 Å². The van der Waals surface area contributed by atoms with Gasteiger partial charge < -0.3 is 24.5 Å². The Hall–Kier alpha value is -3.27. The molecule has 8 nitrogen and oxygen atoms in total. The zero-order valence-electron chi connectivity index (χ0n) is 20.4. The first-order chi connectivity index (χ1) is 17.2. The third kappa shape index (κ3) is 4.74. The average Bonchev–Trinajstić information content (AvgIpc) is 3.26. The molecular weight excluding hydrogens is 470 g/mol. The van der Waals surface area contributed by atoms with Crippen molar-refractivity contribution in [1.29, 1.82) is 0 Å². The van der Waals surface area contributed by atoms with Crippen LogP contribution in [0.25, 0.3) is 22.4 Å². The van der Waals surface area contributed by atoms with E-state index in [0.717, 1.165) is 25.7 Å². The number of morpholine rings is 1. The first-order valence-electron chi connectivity index (χ1n) is 12.3. The minimum absolute atomic E-state index is 0.0894. The quantitative estimate of drug-likeness (QED) is 0.502. The van der Waals surface area contributed by atoms with Gasteiger partial charge in [0.15, 0.2) is 5.65 Å². The summed E-state index contributed by atoms with van der Waals surface area (Å²) in [7, 11) is 0. The lowest BCUT2D eigenvalue weighted by Crippen LogP contribution is -2.37. The first-order valence-corrected chi connectivity index (χ1v) is 12.3. The topological polar surface area (TPSA) is 101 Å². The highest BCUT2D eigenvalue weighted by molar-refractivity contribution is 5.77. The summed E-state index contributed by atoms with van der Waals surface area (Å²) in [5.74, 6) is -2.06. The van der Waals surface area contributed by atoms with E-state index in [4.69, 9.17) is 9.47 Å². The molecule has 2 N–H and O–H groups in total. The van der Waals surface area contributed by atoms with Crippen molar-refractivity contribution in [3.63, 3.8) is 0 Å². The molecule has 10 heteroatoms. The molecule has 2 aromatic heterocycles. The number of carbonyl (C=O) groups is 1. The standard InChI is InChI=1S/C26H30F2N4O4/c1-26(2,24(33)34)15-3-5-17(6-4-15)36-25-30-21-8-7-20(29-23(21)31-25)22-18(27)13-16(14-19(22)28)32-9-11-35-12-10-32/h7-8,13-15,17H,3-6,9-12H2,1-2H3,(H,33,34)(H,29,30,31)/t15-,17-. The number of aromatic amines is 1. The van der Waals surface area contributed by atoms with Crippen molar-refractivity contribution in [2.45, 2.75) is 45.6 Å². The van der Waals surface area contributed by atoms with Gasteiger partial charge in [-0.25, -0.2) is 13.8 Å². The lowest BCUT2D eigenvalue weighted by molar-refractivity contribution is -0.151. The SMILES string of the molecule is CC(C)(C(=O)O)[C@H]1CC[C@H](Oc2nc3nc(-c4c(F)cc(N5CCOCC5)cc4F)ccc3[nH]2)CC1. The van der Waals surface area contributed by atoms with Gasteiger partial charge in [-0.1, -0.05) is 0 Å². The number of halogens is 2. The number of anilines is 1. The zero-order chi connectivity index (χ0) is 25.4. The fourth-order valence-electron chi connectivity index (χ4n) is 5.11. The number of aromatic nitrogens is 3. The maximum absolute atomic E-state index is 15.0. The van der Waals surface area contributed by atoms with Gasteiger partial charge in [0.2, 0.25) is 0 Å². The molecule has 0 radical (unpaired) electrons. The summed E-state index contributed by atoms with van der Waals surface area (Å²) < 4.78 is 41.3. The van der Waals surface area contributed by atoms with E-state index >= 15 is 8.78 Å². The smallest absolute Gasteiger partial charge is 0.309 e. The molecule has 1 aliphatic carbocycles. The fourth-order valence-corrected chi connectivity index (χ4v) is 5.11. The molecule has 1 aromatic carbocycles. The van der Waals surface area contributed by atoms with Crippen LogP contribution in [0, 0.1) is 23.0 Å². The van der Waals surface area contributed by atoms with Crippen molar-refractivity contribution in [3.05, 3.63) is 35.9 Å². The van der Waals surface area contributed by atoms with Gasteiger partial charge in [0.25, 0.3) is 6.01 Å². The van der Waals surface area contributed by atoms with Crippen LogP contribution in [0.15, 0.2) is 24.3 Å². The molecule has 192 valence electrons. The van der Waals surface area contributed by atoms with Crippen LogP contribution in [0.3, 0.4) is 0 Å². The number of carboxylic acid groups (broad SMARTS) is 1. The van der Waals surface area contributed by atoms with E-state index in [0.29, 0.717) is 49.2 Å². The van der Waals surface area contributed by atoms with Crippen molar-refractivity contribution < 1.29 is 28.2 Å². The number of rotatable bonds is 6. The second-order valence-corrected chi connectivity index (χ2v) is 10.1. The van der Waals surface area contributed by atoms with E-state index in [1.807, 2.05) is 4.90 Å². The van der Waals surface area contributed by atoms with Crippen LogP contribution in [0.5, 0.6) is 6.01 Å². The molecule has 0 amide bonds. The number of aliphatic carboxylic acids is 1.